The van der Waals surface area contributed by atoms with Gasteiger partial charge in [0, 0.05) is 23.4 Å². The van der Waals surface area contributed by atoms with Crippen LogP contribution in [0.25, 0.3) is 0 Å². The van der Waals surface area contributed by atoms with E-state index in [1.54, 1.807) is 36.4 Å². The van der Waals surface area contributed by atoms with Gasteiger partial charge in [-0.25, -0.2) is 8.42 Å². The number of anilines is 2. The van der Waals surface area contributed by atoms with Gasteiger partial charge in [-0.1, -0.05) is 12.1 Å². The number of ether oxygens (including phenoxy) is 2. The quantitative estimate of drug-likeness (QED) is 0.464. The van der Waals surface area contributed by atoms with E-state index in [1.807, 2.05) is 0 Å². The lowest BCUT2D eigenvalue weighted by Crippen LogP contribution is -2.25. The Morgan fingerprint density at radius 1 is 0.829 bits per heavy atom. The number of para-hydroxylation sites is 1. The number of carbonyl (C=O) groups is 2. The number of carbonyl (C=O) groups excluding carboxylic acids is 2. The standard InChI is InChI=1S/C25H23N3O6S/c29-24(26-18-9-10-18)16-5-7-17(8-6-16)27-25(30)20-3-1-2-4-21(20)28-35(31,32)19-11-12-22-23(15-19)34-14-13-33-22/h1-8,11-12,15,18,28H,9-10,13-14H2,(H,26,29)(H,27,30). The van der Waals surface area contributed by atoms with Gasteiger partial charge >= 0.3 is 0 Å². The molecule has 0 aromatic heterocycles. The fourth-order valence-corrected chi connectivity index (χ4v) is 4.66. The molecule has 1 aliphatic heterocycles. The zero-order valence-corrected chi connectivity index (χ0v) is 19.4. The van der Waals surface area contributed by atoms with Gasteiger partial charge in [-0.15, -0.1) is 0 Å². The normalized spacial score (nSPS) is 14.6. The van der Waals surface area contributed by atoms with Crippen molar-refractivity contribution in [3.8, 4) is 11.5 Å². The Labute approximate surface area is 202 Å². The van der Waals surface area contributed by atoms with Gasteiger partial charge in [-0.2, -0.15) is 0 Å². The highest BCUT2D eigenvalue weighted by Gasteiger charge is 2.24. The van der Waals surface area contributed by atoms with Crippen molar-refractivity contribution in [2.24, 2.45) is 0 Å². The second-order valence-corrected chi connectivity index (χ2v) is 9.92. The van der Waals surface area contributed by atoms with Crippen molar-refractivity contribution in [2.45, 2.75) is 23.8 Å². The van der Waals surface area contributed by atoms with E-state index >= 15 is 0 Å². The number of amides is 2. The third-order valence-electron chi connectivity index (χ3n) is 5.56. The number of fused-ring (bicyclic) bond motifs is 1. The molecule has 0 unspecified atom stereocenters. The maximum absolute atomic E-state index is 13.0. The summed E-state index contributed by atoms with van der Waals surface area (Å²) in [5.74, 6) is 0.176. The van der Waals surface area contributed by atoms with Crippen LogP contribution >= 0.6 is 0 Å². The molecule has 1 fully saturated rings. The Morgan fingerprint density at radius 3 is 2.29 bits per heavy atom. The second kappa shape index (κ2) is 9.30. The van der Waals surface area contributed by atoms with Crippen molar-refractivity contribution in [1.82, 2.24) is 5.32 Å². The summed E-state index contributed by atoms with van der Waals surface area (Å²) >= 11 is 0. The van der Waals surface area contributed by atoms with Crippen molar-refractivity contribution >= 4 is 33.2 Å². The van der Waals surface area contributed by atoms with E-state index in [1.165, 1.54) is 30.3 Å². The summed E-state index contributed by atoms with van der Waals surface area (Å²) in [6, 6.07) is 17.4. The van der Waals surface area contributed by atoms with Gasteiger partial charge in [0.2, 0.25) is 0 Å². The summed E-state index contributed by atoms with van der Waals surface area (Å²) in [4.78, 5) is 25.1. The highest BCUT2D eigenvalue weighted by Crippen LogP contribution is 2.33. The molecule has 3 N–H and O–H groups in total. The van der Waals surface area contributed by atoms with Crippen molar-refractivity contribution in [1.29, 1.82) is 0 Å². The number of sulfonamides is 1. The molecule has 35 heavy (non-hydrogen) atoms. The minimum atomic E-state index is -4.01. The second-order valence-electron chi connectivity index (χ2n) is 8.24. The minimum Gasteiger partial charge on any atom is -0.486 e. The van der Waals surface area contributed by atoms with Gasteiger partial charge in [-0.3, -0.25) is 14.3 Å². The van der Waals surface area contributed by atoms with Crippen LogP contribution in [0.5, 0.6) is 11.5 Å². The van der Waals surface area contributed by atoms with Crippen LogP contribution in [0.4, 0.5) is 11.4 Å². The molecule has 3 aromatic rings. The molecule has 10 heteroatoms. The maximum Gasteiger partial charge on any atom is 0.262 e. The van der Waals surface area contributed by atoms with Gasteiger partial charge in [0.1, 0.15) is 13.2 Å². The maximum atomic E-state index is 13.0. The molecular formula is C25H23N3O6S. The van der Waals surface area contributed by atoms with Crippen LogP contribution in [-0.2, 0) is 10.0 Å². The Balaban J connectivity index is 1.31. The first-order chi connectivity index (χ1) is 16.9. The first-order valence-corrected chi connectivity index (χ1v) is 12.6. The Kier molecular flexibility index (Phi) is 6.04. The summed E-state index contributed by atoms with van der Waals surface area (Å²) in [6.07, 6.45) is 2.00. The molecule has 1 saturated carbocycles. The van der Waals surface area contributed by atoms with Crippen molar-refractivity contribution in [2.75, 3.05) is 23.3 Å². The molecule has 0 atom stereocenters. The van der Waals surface area contributed by atoms with E-state index in [4.69, 9.17) is 9.47 Å². The van der Waals surface area contributed by atoms with E-state index in [0.717, 1.165) is 12.8 Å². The summed E-state index contributed by atoms with van der Waals surface area (Å²) in [5, 5.41) is 5.65. The molecule has 2 amide bonds. The molecular weight excluding hydrogens is 470 g/mol. The van der Waals surface area contributed by atoms with Gasteiger partial charge in [-0.05, 0) is 61.4 Å². The van der Waals surface area contributed by atoms with Crippen LogP contribution in [0.3, 0.4) is 0 Å². The topological polar surface area (TPSA) is 123 Å². The number of rotatable bonds is 7. The van der Waals surface area contributed by atoms with E-state index in [-0.39, 0.29) is 28.1 Å². The molecule has 1 heterocycles. The molecule has 9 nitrogen and oxygen atoms in total. The SMILES string of the molecule is O=C(NC1CC1)c1ccc(NC(=O)c2ccccc2NS(=O)(=O)c2ccc3c(c2)OCCO3)cc1. The fourth-order valence-electron chi connectivity index (χ4n) is 3.56. The number of nitrogens with one attached hydrogen (secondary N) is 3. The Hall–Kier alpha value is -4.05. The molecule has 180 valence electrons. The van der Waals surface area contributed by atoms with E-state index < -0.39 is 15.9 Å². The third-order valence-corrected chi connectivity index (χ3v) is 6.92. The molecule has 0 saturated heterocycles. The summed E-state index contributed by atoms with van der Waals surface area (Å²) in [7, 11) is -4.01. The zero-order chi connectivity index (χ0) is 24.4. The lowest BCUT2D eigenvalue weighted by molar-refractivity contribution is 0.0950. The lowest BCUT2D eigenvalue weighted by atomic mass is 10.1. The molecule has 1 aliphatic carbocycles. The molecule has 3 aromatic carbocycles. The lowest BCUT2D eigenvalue weighted by Gasteiger charge is -2.19. The van der Waals surface area contributed by atoms with Crippen LogP contribution in [-0.4, -0.2) is 39.5 Å². The van der Waals surface area contributed by atoms with Crippen molar-refractivity contribution in [3.63, 3.8) is 0 Å². The molecule has 0 bridgehead atoms. The minimum absolute atomic E-state index is 0.0166. The number of benzene rings is 3. The van der Waals surface area contributed by atoms with E-state index in [9.17, 15) is 18.0 Å². The summed E-state index contributed by atoms with van der Waals surface area (Å²) in [6.45, 7) is 0.731. The van der Waals surface area contributed by atoms with Crippen LogP contribution in [0, 0.1) is 0 Å². The van der Waals surface area contributed by atoms with Crippen LogP contribution in [0.15, 0.2) is 71.6 Å². The highest BCUT2D eigenvalue weighted by molar-refractivity contribution is 7.92. The van der Waals surface area contributed by atoms with Gasteiger partial charge in [0.25, 0.3) is 21.8 Å². The van der Waals surface area contributed by atoms with Crippen molar-refractivity contribution in [3.05, 3.63) is 77.9 Å². The summed E-state index contributed by atoms with van der Waals surface area (Å²) in [5.41, 5.74) is 1.24. The highest BCUT2D eigenvalue weighted by atomic mass is 32.2. The number of hydrogen-bond acceptors (Lipinski definition) is 6. The monoisotopic (exact) mass is 493 g/mol. The van der Waals surface area contributed by atoms with Gasteiger partial charge in [0.15, 0.2) is 11.5 Å². The Morgan fingerprint density at radius 2 is 1.54 bits per heavy atom. The first kappa shape index (κ1) is 22.7. The predicted molar refractivity (Wildman–Crippen MR) is 130 cm³/mol. The molecule has 0 spiro atoms. The van der Waals surface area contributed by atoms with Crippen LogP contribution < -0.4 is 24.8 Å². The zero-order valence-electron chi connectivity index (χ0n) is 18.6. The average Bonchev–Trinajstić information content (AvgIpc) is 3.68. The third kappa shape index (κ3) is 5.22. The van der Waals surface area contributed by atoms with Crippen LogP contribution in [0.2, 0.25) is 0 Å². The Bertz CT molecular complexity index is 1380. The average molecular weight is 494 g/mol. The van der Waals surface area contributed by atoms with E-state index in [0.29, 0.717) is 36.0 Å². The summed E-state index contributed by atoms with van der Waals surface area (Å²) < 4.78 is 39.5. The molecule has 2 aliphatic rings. The first-order valence-electron chi connectivity index (χ1n) is 11.1. The fraction of sp³-hybridized carbons (Fsp3) is 0.200. The number of hydrogen-bond donors (Lipinski definition) is 3. The predicted octanol–water partition coefficient (Wildman–Crippen LogP) is 3.40. The smallest absolute Gasteiger partial charge is 0.262 e. The van der Waals surface area contributed by atoms with Crippen LogP contribution in [0.1, 0.15) is 33.6 Å². The van der Waals surface area contributed by atoms with Gasteiger partial charge < -0.3 is 20.1 Å². The molecule has 5 rings (SSSR count). The largest absolute Gasteiger partial charge is 0.486 e. The molecule has 0 radical (unpaired) electrons. The van der Waals surface area contributed by atoms with Crippen molar-refractivity contribution < 1.29 is 27.5 Å². The van der Waals surface area contributed by atoms with Gasteiger partial charge in [0.05, 0.1) is 16.1 Å². The van der Waals surface area contributed by atoms with E-state index in [2.05, 4.69) is 15.4 Å².